The van der Waals surface area contributed by atoms with Crippen LogP contribution in [0.15, 0.2) is 16.6 Å². The molecule has 1 aromatic rings. The molecule has 0 saturated heterocycles. The molecule has 0 aliphatic carbocycles. The van der Waals surface area contributed by atoms with E-state index in [0.29, 0.717) is 16.0 Å². The lowest BCUT2D eigenvalue weighted by atomic mass is 9.85. The van der Waals surface area contributed by atoms with Gasteiger partial charge in [0.2, 0.25) is 0 Å². The zero-order valence-electron chi connectivity index (χ0n) is 13.2. The van der Waals surface area contributed by atoms with Gasteiger partial charge in [0.25, 0.3) is 0 Å². The van der Waals surface area contributed by atoms with Gasteiger partial charge < -0.3 is 5.32 Å². The summed E-state index contributed by atoms with van der Waals surface area (Å²) >= 11 is 9.36. The zero-order valence-corrected chi connectivity index (χ0v) is 15.5. The van der Waals surface area contributed by atoms with Crippen molar-refractivity contribution in [1.82, 2.24) is 5.32 Å². The summed E-state index contributed by atoms with van der Waals surface area (Å²) in [7, 11) is 0. The number of hydrogen-bond donors (Lipinski definition) is 1. The van der Waals surface area contributed by atoms with Crippen LogP contribution >= 0.6 is 27.5 Å². The first-order chi connectivity index (χ1) is 10.1. The Balaban J connectivity index is 3.13. The van der Waals surface area contributed by atoms with Gasteiger partial charge in [-0.15, -0.1) is 0 Å². The summed E-state index contributed by atoms with van der Waals surface area (Å²) < 4.78 is 15.2. The summed E-state index contributed by atoms with van der Waals surface area (Å²) in [6.45, 7) is 7.39. The van der Waals surface area contributed by atoms with E-state index in [9.17, 15) is 4.39 Å². The van der Waals surface area contributed by atoms with E-state index in [2.05, 4.69) is 42.0 Å². The van der Waals surface area contributed by atoms with Gasteiger partial charge in [0.05, 0.1) is 5.02 Å². The van der Waals surface area contributed by atoms with Gasteiger partial charge in [-0.1, -0.05) is 51.3 Å². The topological polar surface area (TPSA) is 12.0 Å². The fourth-order valence-electron chi connectivity index (χ4n) is 2.83. The molecule has 1 atom stereocenters. The number of hydrogen-bond acceptors (Lipinski definition) is 1. The SMILES string of the molecule is CCCNC(c1ccc(Br)c(Cl)c1F)C(CCC)CCC. The molecule has 0 radical (unpaired) electrons. The summed E-state index contributed by atoms with van der Waals surface area (Å²) in [5, 5.41) is 3.71. The summed E-state index contributed by atoms with van der Waals surface area (Å²) in [5.74, 6) is 0.148. The van der Waals surface area contributed by atoms with Gasteiger partial charge in [0.1, 0.15) is 5.82 Å². The molecule has 0 amide bonds. The molecule has 0 bridgehead atoms. The average Bonchev–Trinajstić information content (AvgIpc) is 2.47. The Morgan fingerprint density at radius 2 is 1.76 bits per heavy atom. The average molecular weight is 379 g/mol. The smallest absolute Gasteiger partial charge is 0.147 e. The first kappa shape index (κ1) is 18.9. The Morgan fingerprint density at radius 1 is 1.14 bits per heavy atom. The molecule has 1 rings (SSSR count). The second kappa shape index (κ2) is 9.81. The minimum absolute atomic E-state index is 0.0375. The van der Waals surface area contributed by atoms with Crippen molar-refractivity contribution in [2.75, 3.05) is 6.54 Å². The Morgan fingerprint density at radius 3 is 2.29 bits per heavy atom. The summed E-state index contributed by atoms with van der Waals surface area (Å²) in [6, 6.07) is 3.74. The molecule has 0 aliphatic rings. The number of rotatable bonds is 9. The van der Waals surface area contributed by atoms with Crippen LogP contribution < -0.4 is 5.32 Å². The molecule has 1 aromatic carbocycles. The van der Waals surface area contributed by atoms with Crippen LogP contribution in [0, 0.1) is 11.7 Å². The number of nitrogens with one attached hydrogen (secondary N) is 1. The predicted molar refractivity (Wildman–Crippen MR) is 93.5 cm³/mol. The Kier molecular flexibility index (Phi) is 8.84. The molecule has 1 unspecified atom stereocenters. The molecule has 0 aromatic heterocycles. The van der Waals surface area contributed by atoms with E-state index in [1.807, 2.05) is 12.1 Å². The van der Waals surface area contributed by atoms with Gasteiger partial charge >= 0.3 is 0 Å². The van der Waals surface area contributed by atoms with Crippen LogP contribution in [0.3, 0.4) is 0 Å². The van der Waals surface area contributed by atoms with Gasteiger partial charge in [0, 0.05) is 16.1 Å². The van der Waals surface area contributed by atoms with Crippen molar-refractivity contribution < 1.29 is 4.39 Å². The highest BCUT2D eigenvalue weighted by atomic mass is 79.9. The van der Waals surface area contributed by atoms with Crippen LogP contribution in [-0.2, 0) is 0 Å². The highest BCUT2D eigenvalue weighted by Crippen LogP contribution is 2.36. The van der Waals surface area contributed by atoms with Crippen LogP contribution in [0.4, 0.5) is 4.39 Å². The molecule has 0 heterocycles. The third-order valence-electron chi connectivity index (χ3n) is 3.80. The molecule has 0 fully saturated rings. The third kappa shape index (κ3) is 5.22. The van der Waals surface area contributed by atoms with Crippen molar-refractivity contribution >= 4 is 27.5 Å². The van der Waals surface area contributed by atoms with Crippen LogP contribution in [0.2, 0.25) is 5.02 Å². The standard InChI is InChI=1S/C17H26BrClFN/c1-4-7-12(8-5-2)17(21-11-6-3)13-9-10-14(18)15(19)16(13)20/h9-10,12,17,21H,4-8,11H2,1-3H3. The van der Waals surface area contributed by atoms with E-state index in [0.717, 1.165) is 38.6 Å². The highest BCUT2D eigenvalue weighted by molar-refractivity contribution is 9.10. The normalized spacial score (nSPS) is 12.9. The lowest BCUT2D eigenvalue weighted by molar-refractivity contribution is 0.309. The second-order valence-corrected chi connectivity index (χ2v) is 6.77. The van der Waals surface area contributed by atoms with Crippen molar-refractivity contribution in [3.63, 3.8) is 0 Å². The largest absolute Gasteiger partial charge is 0.310 e. The van der Waals surface area contributed by atoms with Crippen molar-refractivity contribution in [1.29, 1.82) is 0 Å². The Bertz CT molecular complexity index is 433. The molecule has 1 nitrogen and oxygen atoms in total. The Labute approximate surface area is 141 Å². The van der Waals surface area contributed by atoms with E-state index in [4.69, 9.17) is 11.6 Å². The fraction of sp³-hybridized carbons (Fsp3) is 0.647. The summed E-state index contributed by atoms with van der Waals surface area (Å²) in [4.78, 5) is 0. The quantitative estimate of drug-likeness (QED) is 0.484. The molecule has 21 heavy (non-hydrogen) atoms. The van der Waals surface area contributed by atoms with Gasteiger partial charge in [-0.25, -0.2) is 4.39 Å². The van der Waals surface area contributed by atoms with E-state index in [-0.39, 0.29) is 16.9 Å². The first-order valence-electron chi connectivity index (χ1n) is 7.93. The van der Waals surface area contributed by atoms with Gasteiger partial charge in [-0.3, -0.25) is 0 Å². The molecule has 0 spiro atoms. The zero-order chi connectivity index (χ0) is 15.8. The van der Waals surface area contributed by atoms with Crippen LogP contribution in [-0.4, -0.2) is 6.54 Å². The second-order valence-electron chi connectivity index (χ2n) is 5.53. The lowest BCUT2D eigenvalue weighted by Gasteiger charge is -2.29. The maximum absolute atomic E-state index is 14.6. The number of benzene rings is 1. The molecular weight excluding hydrogens is 353 g/mol. The predicted octanol–water partition coefficient (Wildman–Crippen LogP) is 6.50. The fourth-order valence-corrected chi connectivity index (χ4v) is 3.31. The number of halogens is 3. The first-order valence-corrected chi connectivity index (χ1v) is 9.10. The molecular formula is C17H26BrClFN. The van der Waals surface area contributed by atoms with Crippen molar-refractivity contribution in [3.8, 4) is 0 Å². The summed E-state index contributed by atoms with van der Waals surface area (Å²) in [6.07, 6.45) is 5.46. The summed E-state index contributed by atoms with van der Waals surface area (Å²) in [5.41, 5.74) is 0.698. The molecule has 0 aliphatic heterocycles. The molecule has 1 N–H and O–H groups in total. The molecule has 4 heteroatoms. The van der Waals surface area contributed by atoms with Gasteiger partial charge in [-0.05, 0) is 53.7 Å². The lowest BCUT2D eigenvalue weighted by Crippen LogP contribution is -2.30. The minimum Gasteiger partial charge on any atom is -0.310 e. The van der Waals surface area contributed by atoms with Gasteiger partial charge in [-0.2, -0.15) is 0 Å². The third-order valence-corrected chi connectivity index (χ3v) is 5.06. The monoisotopic (exact) mass is 377 g/mol. The van der Waals surface area contributed by atoms with E-state index >= 15 is 0 Å². The van der Waals surface area contributed by atoms with Crippen LogP contribution in [0.1, 0.15) is 64.5 Å². The van der Waals surface area contributed by atoms with Crippen LogP contribution in [0.25, 0.3) is 0 Å². The van der Waals surface area contributed by atoms with Crippen molar-refractivity contribution in [3.05, 3.63) is 33.0 Å². The van der Waals surface area contributed by atoms with Crippen LogP contribution in [0.5, 0.6) is 0 Å². The maximum Gasteiger partial charge on any atom is 0.147 e. The van der Waals surface area contributed by atoms with E-state index in [1.54, 1.807) is 0 Å². The van der Waals surface area contributed by atoms with E-state index in [1.165, 1.54) is 0 Å². The van der Waals surface area contributed by atoms with Crippen molar-refractivity contribution in [2.45, 2.75) is 58.9 Å². The maximum atomic E-state index is 14.6. The molecule has 120 valence electrons. The molecule has 0 saturated carbocycles. The Hall–Kier alpha value is -0.120. The van der Waals surface area contributed by atoms with Gasteiger partial charge in [0.15, 0.2) is 0 Å². The van der Waals surface area contributed by atoms with Crippen molar-refractivity contribution in [2.24, 2.45) is 5.92 Å². The minimum atomic E-state index is -0.295. The highest BCUT2D eigenvalue weighted by Gasteiger charge is 2.25. The van der Waals surface area contributed by atoms with E-state index < -0.39 is 0 Å².